The maximum absolute atomic E-state index is 12.9. The molecule has 0 spiro atoms. The first kappa shape index (κ1) is 14.7. The summed E-state index contributed by atoms with van der Waals surface area (Å²) in [4.78, 5) is 0. The van der Waals surface area contributed by atoms with Crippen LogP contribution in [0.4, 0.5) is 4.39 Å². The summed E-state index contributed by atoms with van der Waals surface area (Å²) < 4.78 is 14.1. The van der Waals surface area contributed by atoms with Gasteiger partial charge in [-0.2, -0.15) is 0 Å². The van der Waals surface area contributed by atoms with Crippen LogP contribution < -0.4 is 5.32 Å². The summed E-state index contributed by atoms with van der Waals surface area (Å²) in [6.45, 7) is 2.20. The van der Waals surface area contributed by atoms with Gasteiger partial charge in [-0.3, -0.25) is 0 Å². The summed E-state index contributed by atoms with van der Waals surface area (Å²) in [6, 6.07) is 16.1. The molecule has 0 saturated heterocycles. The van der Waals surface area contributed by atoms with E-state index in [0.717, 1.165) is 17.3 Å². The summed E-state index contributed by atoms with van der Waals surface area (Å²) in [5.74, 6) is 0.407. The van der Waals surface area contributed by atoms with Crippen LogP contribution in [0.3, 0.4) is 0 Å². The molecule has 1 saturated carbocycles. The van der Waals surface area contributed by atoms with E-state index in [4.69, 9.17) is 0 Å². The lowest BCUT2D eigenvalue weighted by molar-refractivity contribution is 0.270. The predicted molar refractivity (Wildman–Crippen MR) is 87.9 cm³/mol. The quantitative estimate of drug-likeness (QED) is 0.802. The lowest BCUT2D eigenvalue weighted by Crippen LogP contribution is -2.41. The molecule has 0 amide bonds. The number of nitrogens with one attached hydrogen (secondary N) is 1. The van der Waals surface area contributed by atoms with Crippen LogP contribution in [0.1, 0.15) is 42.9 Å². The Morgan fingerprint density at radius 2 is 1.76 bits per heavy atom. The average Bonchev–Trinajstić information content (AvgIpc) is 2.44. The van der Waals surface area contributed by atoms with Gasteiger partial charge in [0.25, 0.3) is 0 Å². The Bertz CT molecular complexity index is 605. The van der Waals surface area contributed by atoms with Crippen LogP contribution in [0.15, 0.2) is 53.0 Å². The Kier molecular flexibility index (Phi) is 4.41. The third kappa shape index (κ3) is 3.35. The monoisotopic (exact) mass is 347 g/mol. The molecule has 21 heavy (non-hydrogen) atoms. The van der Waals surface area contributed by atoms with E-state index in [1.54, 1.807) is 12.1 Å². The number of rotatable bonds is 4. The van der Waals surface area contributed by atoms with Gasteiger partial charge in [-0.15, -0.1) is 0 Å². The highest BCUT2D eigenvalue weighted by molar-refractivity contribution is 9.10. The van der Waals surface area contributed by atoms with E-state index in [9.17, 15) is 4.39 Å². The van der Waals surface area contributed by atoms with Gasteiger partial charge in [-0.05, 0) is 55.0 Å². The van der Waals surface area contributed by atoms with Gasteiger partial charge < -0.3 is 5.32 Å². The molecule has 2 aromatic rings. The van der Waals surface area contributed by atoms with Gasteiger partial charge in [0, 0.05) is 16.6 Å². The topological polar surface area (TPSA) is 12.0 Å². The third-order valence-electron chi connectivity index (χ3n) is 4.34. The van der Waals surface area contributed by atoms with E-state index in [1.165, 1.54) is 11.1 Å². The van der Waals surface area contributed by atoms with Gasteiger partial charge in [0.15, 0.2) is 0 Å². The van der Waals surface area contributed by atoms with Crippen molar-refractivity contribution in [2.24, 2.45) is 0 Å². The first-order chi connectivity index (χ1) is 10.1. The second-order valence-electron chi connectivity index (χ2n) is 5.83. The highest BCUT2D eigenvalue weighted by Crippen LogP contribution is 2.38. The average molecular weight is 348 g/mol. The summed E-state index contributed by atoms with van der Waals surface area (Å²) >= 11 is 3.61. The van der Waals surface area contributed by atoms with E-state index >= 15 is 0 Å². The van der Waals surface area contributed by atoms with E-state index in [-0.39, 0.29) is 5.82 Å². The normalized spacial score (nSPS) is 22.6. The van der Waals surface area contributed by atoms with E-state index in [1.807, 2.05) is 18.2 Å². The molecular weight excluding hydrogens is 329 g/mol. The standard InChI is InChI=1S/C18H19BrFN/c1-12(17-4-2-3-5-18(17)19)21-16-10-14(11-16)13-6-8-15(20)9-7-13/h2-9,12,14,16,21H,10-11H2,1H3/t12-,14?,16?/m1/s1. The van der Waals surface area contributed by atoms with Crippen LogP contribution in [0.25, 0.3) is 0 Å². The lowest BCUT2D eigenvalue weighted by atomic mass is 9.75. The van der Waals surface area contributed by atoms with Crippen LogP contribution >= 0.6 is 15.9 Å². The fourth-order valence-corrected chi connectivity index (χ4v) is 3.66. The Morgan fingerprint density at radius 1 is 1.10 bits per heavy atom. The zero-order valence-corrected chi connectivity index (χ0v) is 13.6. The summed E-state index contributed by atoms with van der Waals surface area (Å²) in [7, 11) is 0. The van der Waals surface area contributed by atoms with Crippen molar-refractivity contribution in [3.63, 3.8) is 0 Å². The largest absolute Gasteiger partial charge is 0.307 e. The molecule has 110 valence electrons. The number of hydrogen-bond acceptors (Lipinski definition) is 1. The van der Waals surface area contributed by atoms with Crippen molar-refractivity contribution >= 4 is 15.9 Å². The molecule has 1 nitrogen and oxygen atoms in total. The van der Waals surface area contributed by atoms with Crippen LogP contribution in [0, 0.1) is 5.82 Å². The second kappa shape index (κ2) is 6.29. The highest BCUT2D eigenvalue weighted by atomic mass is 79.9. The van der Waals surface area contributed by atoms with Gasteiger partial charge >= 0.3 is 0 Å². The molecule has 3 heteroatoms. The van der Waals surface area contributed by atoms with Gasteiger partial charge in [0.2, 0.25) is 0 Å². The Balaban J connectivity index is 1.55. The Hall–Kier alpha value is -1.19. The molecule has 1 atom stereocenters. The van der Waals surface area contributed by atoms with Crippen molar-refractivity contribution in [1.82, 2.24) is 5.32 Å². The summed E-state index contributed by atoms with van der Waals surface area (Å²) in [5, 5.41) is 3.68. The molecule has 1 N–H and O–H groups in total. The molecule has 0 aromatic heterocycles. The smallest absolute Gasteiger partial charge is 0.123 e. The van der Waals surface area contributed by atoms with Crippen molar-refractivity contribution in [2.45, 2.75) is 37.8 Å². The molecule has 1 fully saturated rings. The lowest BCUT2D eigenvalue weighted by Gasteiger charge is -2.38. The number of halogens is 2. The van der Waals surface area contributed by atoms with Gasteiger partial charge in [-0.1, -0.05) is 46.3 Å². The minimum Gasteiger partial charge on any atom is -0.307 e. The predicted octanol–water partition coefficient (Wildman–Crippen LogP) is 5.19. The van der Waals surface area contributed by atoms with Gasteiger partial charge in [0.05, 0.1) is 0 Å². The molecule has 0 bridgehead atoms. The zero-order chi connectivity index (χ0) is 14.8. The van der Waals surface area contributed by atoms with Crippen molar-refractivity contribution in [1.29, 1.82) is 0 Å². The van der Waals surface area contributed by atoms with Crippen LogP contribution in [0.5, 0.6) is 0 Å². The molecular formula is C18H19BrFN. The molecule has 2 aromatic carbocycles. The van der Waals surface area contributed by atoms with Crippen LogP contribution in [0.2, 0.25) is 0 Å². The van der Waals surface area contributed by atoms with Crippen molar-refractivity contribution in [3.05, 3.63) is 69.9 Å². The summed E-state index contributed by atoms with van der Waals surface area (Å²) in [6.07, 6.45) is 2.25. The molecule has 1 aliphatic rings. The SMILES string of the molecule is C[C@@H](NC1CC(c2ccc(F)cc2)C1)c1ccccc1Br. The van der Waals surface area contributed by atoms with Crippen LogP contribution in [-0.4, -0.2) is 6.04 Å². The van der Waals surface area contributed by atoms with Gasteiger partial charge in [0.1, 0.15) is 5.82 Å². The third-order valence-corrected chi connectivity index (χ3v) is 5.06. The molecule has 1 aliphatic carbocycles. The molecule has 3 rings (SSSR count). The maximum Gasteiger partial charge on any atom is 0.123 e. The highest BCUT2D eigenvalue weighted by Gasteiger charge is 2.31. The van der Waals surface area contributed by atoms with E-state index in [0.29, 0.717) is 18.0 Å². The van der Waals surface area contributed by atoms with Crippen molar-refractivity contribution in [3.8, 4) is 0 Å². The summed E-state index contributed by atoms with van der Waals surface area (Å²) in [5.41, 5.74) is 2.55. The molecule has 0 aliphatic heterocycles. The Labute approximate surface area is 133 Å². The van der Waals surface area contributed by atoms with E-state index in [2.05, 4.69) is 46.4 Å². The van der Waals surface area contributed by atoms with Crippen LogP contribution in [-0.2, 0) is 0 Å². The fourth-order valence-electron chi connectivity index (χ4n) is 3.03. The number of benzene rings is 2. The maximum atomic E-state index is 12.9. The molecule has 0 radical (unpaired) electrons. The molecule has 0 unspecified atom stereocenters. The minimum absolute atomic E-state index is 0.157. The zero-order valence-electron chi connectivity index (χ0n) is 12.0. The Morgan fingerprint density at radius 3 is 2.43 bits per heavy atom. The first-order valence-corrected chi connectivity index (χ1v) is 8.18. The van der Waals surface area contributed by atoms with E-state index < -0.39 is 0 Å². The number of hydrogen-bond donors (Lipinski definition) is 1. The molecule has 0 heterocycles. The van der Waals surface area contributed by atoms with Crippen molar-refractivity contribution < 1.29 is 4.39 Å². The second-order valence-corrected chi connectivity index (χ2v) is 6.68. The fraction of sp³-hybridized carbons (Fsp3) is 0.333. The van der Waals surface area contributed by atoms with Gasteiger partial charge in [-0.25, -0.2) is 4.39 Å². The van der Waals surface area contributed by atoms with Crippen molar-refractivity contribution in [2.75, 3.05) is 0 Å². The minimum atomic E-state index is -0.157. The first-order valence-electron chi connectivity index (χ1n) is 7.39.